The van der Waals surface area contributed by atoms with Crippen molar-refractivity contribution in [2.45, 2.75) is 31.7 Å². The lowest BCUT2D eigenvalue weighted by Crippen LogP contribution is -2.27. The number of hydrogen-bond acceptors (Lipinski definition) is 3. The third-order valence-electron chi connectivity index (χ3n) is 6.07. The van der Waals surface area contributed by atoms with Gasteiger partial charge in [0.1, 0.15) is 5.82 Å². The maximum absolute atomic E-state index is 14.8. The second-order valence-electron chi connectivity index (χ2n) is 8.10. The standard InChI is InChI=1S/C26H23FN2O/c1-16-10-12-17(13-11-16)18-14-23-25(24(30)15-18)26(19-6-2-3-7-20(19)27)29-22-9-5-4-8-21(22)28-23/h2-13,18,26,28-29H,14-15H2,1H3/t18-,26-/m1/s1. The smallest absolute Gasteiger partial charge is 0.163 e. The molecule has 2 atom stereocenters. The molecular formula is C26H23FN2O. The van der Waals surface area contributed by atoms with Crippen LogP contribution in [-0.2, 0) is 4.79 Å². The average Bonchev–Trinajstić information content (AvgIpc) is 2.91. The molecule has 1 heterocycles. The largest absolute Gasteiger partial charge is 0.372 e. The van der Waals surface area contributed by atoms with E-state index in [1.807, 2.05) is 30.3 Å². The lowest BCUT2D eigenvalue weighted by Gasteiger charge is -2.30. The highest BCUT2D eigenvalue weighted by atomic mass is 19.1. The number of Topliss-reactive ketones (excluding diaryl/α,β-unsaturated/α-hetero) is 1. The molecule has 4 heteroatoms. The van der Waals surface area contributed by atoms with E-state index in [-0.39, 0.29) is 17.5 Å². The number of hydrogen-bond donors (Lipinski definition) is 2. The minimum Gasteiger partial charge on any atom is -0.372 e. The summed E-state index contributed by atoms with van der Waals surface area (Å²) in [5.41, 5.74) is 6.13. The molecule has 0 unspecified atom stereocenters. The van der Waals surface area contributed by atoms with Crippen molar-refractivity contribution in [1.29, 1.82) is 0 Å². The predicted octanol–water partition coefficient (Wildman–Crippen LogP) is 6.11. The van der Waals surface area contributed by atoms with Gasteiger partial charge >= 0.3 is 0 Å². The van der Waals surface area contributed by atoms with Crippen LogP contribution < -0.4 is 10.6 Å². The van der Waals surface area contributed by atoms with Crippen LogP contribution in [-0.4, -0.2) is 5.78 Å². The summed E-state index contributed by atoms with van der Waals surface area (Å²) in [6, 6.07) is 22.4. The van der Waals surface area contributed by atoms with Gasteiger partial charge in [-0.25, -0.2) is 4.39 Å². The molecule has 5 rings (SSSR count). The SMILES string of the molecule is Cc1ccc([C@H]2CC(=O)C3=C(C2)Nc2ccccc2N[C@@H]3c2ccccc2F)cc1. The van der Waals surface area contributed by atoms with Crippen LogP contribution in [0.15, 0.2) is 84.1 Å². The van der Waals surface area contributed by atoms with Crippen LogP contribution in [0.3, 0.4) is 0 Å². The number of fused-ring (bicyclic) bond motifs is 1. The topological polar surface area (TPSA) is 41.1 Å². The van der Waals surface area contributed by atoms with Crippen molar-refractivity contribution in [3.8, 4) is 0 Å². The normalized spacial score (nSPS) is 20.5. The molecule has 3 nitrogen and oxygen atoms in total. The number of nitrogens with one attached hydrogen (secondary N) is 2. The Labute approximate surface area is 175 Å². The van der Waals surface area contributed by atoms with E-state index in [1.54, 1.807) is 12.1 Å². The monoisotopic (exact) mass is 398 g/mol. The Morgan fingerprint density at radius 1 is 0.867 bits per heavy atom. The van der Waals surface area contributed by atoms with E-state index in [4.69, 9.17) is 0 Å². The molecule has 3 aromatic rings. The van der Waals surface area contributed by atoms with Gasteiger partial charge in [-0.3, -0.25) is 4.79 Å². The zero-order valence-electron chi connectivity index (χ0n) is 16.8. The third kappa shape index (κ3) is 3.28. The van der Waals surface area contributed by atoms with Crippen LogP contribution in [0.5, 0.6) is 0 Å². The van der Waals surface area contributed by atoms with Gasteiger partial charge in [0.25, 0.3) is 0 Å². The van der Waals surface area contributed by atoms with E-state index < -0.39 is 6.04 Å². The first-order valence-electron chi connectivity index (χ1n) is 10.3. The fourth-order valence-corrected chi connectivity index (χ4v) is 4.51. The molecule has 3 aromatic carbocycles. The number of carbonyl (C=O) groups excluding carboxylic acids is 1. The fraction of sp³-hybridized carbons (Fsp3) is 0.192. The number of allylic oxidation sites excluding steroid dienone is 1. The second-order valence-corrected chi connectivity index (χ2v) is 8.10. The maximum atomic E-state index is 14.8. The average molecular weight is 398 g/mol. The Kier molecular flexibility index (Phi) is 4.62. The van der Waals surface area contributed by atoms with Crippen molar-refractivity contribution < 1.29 is 9.18 Å². The van der Waals surface area contributed by atoms with Gasteiger partial charge < -0.3 is 10.6 Å². The van der Waals surface area contributed by atoms with Gasteiger partial charge in [0, 0.05) is 23.3 Å². The van der Waals surface area contributed by atoms with E-state index in [2.05, 4.69) is 41.8 Å². The molecule has 0 bridgehead atoms. The molecule has 150 valence electrons. The Morgan fingerprint density at radius 2 is 1.57 bits per heavy atom. The molecule has 2 aliphatic rings. The van der Waals surface area contributed by atoms with E-state index in [9.17, 15) is 9.18 Å². The van der Waals surface area contributed by atoms with Crippen LogP contribution in [0.25, 0.3) is 0 Å². The minimum atomic E-state index is -0.524. The van der Waals surface area contributed by atoms with Gasteiger partial charge in [0.15, 0.2) is 5.78 Å². The highest BCUT2D eigenvalue weighted by molar-refractivity contribution is 6.01. The number of aryl methyl sites for hydroxylation is 1. The zero-order chi connectivity index (χ0) is 20.7. The van der Waals surface area contributed by atoms with Crippen LogP contribution >= 0.6 is 0 Å². The van der Waals surface area contributed by atoms with Gasteiger partial charge in [-0.15, -0.1) is 0 Å². The first kappa shape index (κ1) is 18.6. The lowest BCUT2D eigenvalue weighted by atomic mass is 9.78. The van der Waals surface area contributed by atoms with E-state index in [0.717, 1.165) is 22.6 Å². The molecule has 0 radical (unpaired) electrons. The molecule has 30 heavy (non-hydrogen) atoms. The van der Waals surface area contributed by atoms with E-state index in [1.165, 1.54) is 11.6 Å². The minimum absolute atomic E-state index is 0.0582. The highest BCUT2D eigenvalue weighted by Gasteiger charge is 2.36. The molecule has 1 aliphatic carbocycles. The maximum Gasteiger partial charge on any atom is 0.163 e. The number of halogens is 1. The molecule has 2 N–H and O–H groups in total. The van der Waals surface area contributed by atoms with Crippen LogP contribution in [0.4, 0.5) is 15.8 Å². The Hall–Kier alpha value is -3.40. The number of carbonyl (C=O) groups is 1. The first-order chi connectivity index (χ1) is 14.6. The zero-order valence-corrected chi connectivity index (χ0v) is 16.8. The molecular weight excluding hydrogens is 375 g/mol. The van der Waals surface area contributed by atoms with Crippen molar-refractivity contribution in [3.05, 3.63) is 107 Å². The molecule has 0 fully saturated rings. The van der Waals surface area contributed by atoms with Crippen molar-refractivity contribution in [1.82, 2.24) is 0 Å². The summed E-state index contributed by atoms with van der Waals surface area (Å²) in [6.07, 6.45) is 1.14. The van der Waals surface area contributed by atoms with Gasteiger partial charge in [0.2, 0.25) is 0 Å². The summed E-state index contributed by atoms with van der Waals surface area (Å²) < 4.78 is 14.8. The Morgan fingerprint density at radius 3 is 2.33 bits per heavy atom. The number of rotatable bonds is 2. The predicted molar refractivity (Wildman–Crippen MR) is 118 cm³/mol. The van der Waals surface area contributed by atoms with Gasteiger partial charge in [-0.2, -0.15) is 0 Å². The molecule has 0 spiro atoms. The number of benzene rings is 3. The summed E-state index contributed by atoms with van der Waals surface area (Å²) in [5.74, 6) is -0.145. The van der Waals surface area contributed by atoms with E-state index >= 15 is 0 Å². The van der Waals surface area contributed by atoms with Crippen LogP contribution in [0.2, 0.25) is 0 Å². The quantitative estimate of drug-likeness (QED) is 0.547. The Balaban J connectivity index is 1.62. The number of para-hydroxylation sites is 2. The number of anilines is 2. The van der Waals surface area contributed by atoms with Crippen molar-refractivity contribution in [2.24, 2.45) is 0 Å². The molecule has 0 amide bonds. The summed E-state index contributed by atoms with van der Waals surface area (Å²) in [7, 11) is 0. The van der Waals surface area contributed by atoms with E-state index in [0.29, 0.717) is 24.0 Å². The molecule has 0 aromatic heterocycles. The molecule has 0 saturated carbocycles. The van der Waals surface area contributed by atoms with Crippen molar-refractivity contribution in [3.63, 3.8) is 0 Å². The van der Waals surface area contributed by atoms with Gasteiger partial charge in [-0.1, -0.05) is 60.2 Å². The van der Waals surface area contributed by atoms with Crippen molar-refractivity contribution >= 4 is 17.2 Å². The Bertz CT molecular complexity index is 1150. The first-order valence-corrected chi connectivity index (χ1v) is 10.3. The highest BCUT2D eigenvalue weighted by Crippen LogP contribution is 2.44. The van der Waals surface area contributed by atoms with Crippen LogP contribution in [0, 0.1) is 12.7 Å². The third-order valence-corrected chi connectivity index (χ3v) is 6.07. The summed E-state index contributed by atoms with van der Waals surface area (Å²) in [4.78, 5) is 13.4. The van der Waals surface area contributed by atoms with Gasteiger partial charge in [0.05, 0.1) is 17.4 Å². The van der Waals surface area contributed by atoms with Gasteiger partial charge in [-0.05, 0) is 43.0 Å². The second kappa shape index (κ2) is 7.45. The number of ketones is 1. The van der Waals surface area contributed by atoms with Crippen LogP contribution in [0.1, 0.15) is 41.5 Å². The fourth-order valence-electron chi connectivity index (χ4n) is 4.51. The molecule has 0 saturated heterocycles. The summed E-state index contributed by atoms with van der Waals surface area (Å²) in [5, 5.41) is 6.92. The lowest BCUT2D eigenvalue weighted by molar-refractivity contribution is -0.116. The molecule has 1 aliphatic heterocycles. The van der Waals surface area contributed by atoms with Crippen molar-refractivity contribution in [2.75, 3.05) is 10.6 Å². The summed E-state index contributed by atoms with van der Waals surface area (Å²) in [6.45, 7) is 2.06. The summed E-state index contributed by atoms with van der Waals surface area (Å²) >= 11 is 0.